The molecule has 0 rings (SSSR count). The zero-order valence-corrected chi connectivity index (χ0v) is 11.7. The number of carbonyl (C=O) groups excluding carboxylic acids is 2. The van der Waals surface area contributed by atoms with E-state index in [1.165, 1.54) is 0 Å². The smallest absolute Gasteiger partial charge is 0.308 e. The van der Waals surface area contributed by atoms with Crippen LogP contribution in [0.4, 0.5) is 0 Å². The summed E-state index contributed by atoms with van der Waals surface area (Å²) in [7, 11) is 0. The fourth-order valence-electron chi connectivity index (χ4n) is 1.52. The first-order valence-electron chi connectivity index (χ1n) is 7.02. The summed E-state index contributed by atoms with van der Waals surface area (Å²) in [4.78, 5) is 22.4. The Bertz CT molecular complexity index is 226. The van der Waals surface area contributed by atoms with Gasteiger partial charge in [0.15, 0.2) is 0 Å². The third-order valence-electron chi connectivity index (χ3n) is 2.66. The van der Waals surface area contributed by atoms with Crippen molar-refractivity contribution in [3.05, 3.63) is 0 Å². The molecule has 0 saturated carbocycles. The van der Waals surface area contributed by atoms with Crippen LogP contribution in [0, 0.1) is 0 Å². The fraction of sp³-hybridized carbons (Fsp3) is 0.857. The molecular formula is C14H26O4. The maximum atomic E-state index is 11.2. The summed E-state index contributed by atoms with van der Waals surface area (Å²) in [5.41, 5.74) is 0. The van der Waals surface area contributed by atoms with Crippen LogP contribution in [0.25, 0.3) is 0 Å². The van der Waals surface area contributed by atoms with Crippen LogP contribution >= 0.6 is 0 Å². The highest BCUT2D eigenvalue weighted by molar-refractivity contribution is 5.70. The molecular weight excluding hydrogens is 232 g/mol. The Hall–Kier alpha value is -1.06. The van der Waals surface area contributed by atoms with E-state index in [9.17, 15) is 9.59 Å². The molecule has 0 aromatic heterocycles. The fourth-order valence-corrected chi connectivity index (χ4v) is 1.52. The predicted octanol–water partition coefficient (Wildman–Crippen LogP) is 3.58. The molecule has 0 radical (unpaired) electrons. The number of hydrogen-bond acceptors (Lipinski definition) is 4. The molecule has 106 valence electrons. The number of esters is 2. The molecule has 0 aromatic rings. The second-order valence-corrected chi connectivity index (χ2v) is 4.42. The number of rotatable bonds is 11. The number of hydrogen-bond donors (Lipinski definition) is 0. The molecule has 0 atom stereocenters. The van der Waals surface area contributed by atoms with Gasteiger partial charge in [-0.25, -0.2) is 0 Å². The van der Waals surface area contributed by atoms with Crippen LogP contribution in [0.2, 0.25) is 0 Å². The Morgan fingerprint density at radius 3 is 1.67 bits per heavy atom. The maximum Gasteiger partial charge on any atom is 0.308 e. The summed E-state index contributed by atoms with van der Waals surface area (Å²) in [6.07, 6.45) is 7.91. The van der Waals surface area contributed by atoms with Gasteiger partial charge in [-0.3, -0.25) is 9.59 Å². The molecule has 0 aliphatic rings. The van der Waals surface area contributed by atoms with Gasteiger partial charge in [-0.15, -0.1) is 0 Å². The van der Waals surface area contributed by atoms with Crippen LogP contribution in [0.5, 0.6) is 0 Å². The first kappa shape index (κ1) is 16.9. The van der Waals surface area contributed by atoms with Crippen molar-refractivity contribution in [2.75, 3.05) is 6.79 Å². The summed E-state index contributed by atoms with van der Waals surface area (Å²) in [6, 6.07) is 0. The third kappa shape index (κ3) is 11.4. The highest BCUT2D eigenvalue weighted by Crippen LogP contribution is 2.04. The van der Waals surface area contributed by atoms with Gasteiger partial charge in [0.25, 0.3) is 0 Å². The summed E-state index contributed by atoms with van der Waals surface area (Å²) in [5, 5.41) is 0. The van der Waals surface area contributed by atoms with Gasteiger partial charge in [0.1, 0.15) is 0 Å². The minimum absolute atomic E-state index is 0.239. The molecule has 0 fully saturated rings. The van der Waals surface area contributed by atoms with Crippen LogP contribution in [-0.2, 0) is 19.1 Å². The molecule has 0 unspecified atom stereocenters. The molecule has 0 N–H and O–H groups in total. The first-order chi connectivity index (χ1) is 8.70. The van der Waals surface area contributed by atoms with Crippen molar-refractivity contribution in [3.8, 4) is 0 Å². The van der Waals surface area contributed by atoms with Crippen LogP contribution < -0.4 is 0 Å². The maximum absolute atomic E-state index is 11.2. The highest BCUT2D eigenvalue weighted by atomic mass is 16.7. The monoisotopic (exact) mass is 258 g/mol. The van der Waals surface area contributed by atoms with E-state index in [4.69, 9.17) is 9.47 Å². The van der Waals surface area contributed by atoms with Gasteiger partial charge in [0.05, 0.1) is 0 Å². The molecule has 0 amide bonds. The Labute approximate surface area is 110 Å². The Balaban J connectivity index is 3.35. The average Bonchev–Trinajstić information content (AvgIpc) is 2.35. The van der Waals surface area contributed by atoms with Gasteiger partial charge < -0.3 is 9.47 Å². The summed E-state index contributed by atoms with van der Waals surface area (Å²) in [5.74, 6) is -0.574. The third-order valence-corrected chi connectivity index (χ3v) is 2.66. The van der Waals surface area contributed by atoms with Crippen molar-refractivity contribution in [2.24, 2.45) is 0 Å². The normalized spacial score (nSPS) is 10.1. The van der Waals surface area contributed by atoms with Crippen molar-refractivity contribution >= 4 is 11.9 Å². The topological polar surface area (TPSA) is 52.6 Å². The number of unbranched alkanes of at least 4 members (excludes halogenated alkanes) is 5. The average molecular weight is 258 g/mol. The van der Waals surface area contributed by atoms with Crippen molar-refractivity contribution in [1.82, 2.24) is 0 Å². The predicted molar refractivity (Wildman–Crippen MR) is 70.0 cm³/mol. The lowest BCUT2D eigenvalue weighted by Gasteiger charge is -2.06. The van der Waals surface area contributed by atoms with Gasteiger partial charge >= 0.3 is 11.9 Å². The molecule has 0 spiro atoms. The van der Waals surface area contributed by atoms with E-state index in [-0.39, 0.29) is 18.7 Å². The van der Waals surface area contributed by atoms with Gasteiger partial charge in [0.2, 0.25) is 6.79 Å². The van der Waals surface area contributed by atoms with Gasteiger partial charge in [-0.05, 0) is 12.8 Å². The van der Waals surface area contributed by atoms with Crippen molar-refractivity contribution in [2.45, 2.75) is 71.6 Å². The molecule has 18 heavy (non-hydrogen) atoms. The van der Waals surface area contributed by atoms with Crippen LogP contribution in [-0.4, -0.2) is 18.7 Å². The summed E-state index contributed by atoms with van der Waals surface area (Å²) >= 11 is 0. The molecule has 0 bridgehead atoms. The Morgan fingerprint density at radius 1 is 0.722 bits per heavy atom. The Kier molecular flexibility index (Phi) is 11.7. The lowest BCUT2D eigenvalue weighted by atomic mass is 10.2. The number of carbonyl (C=O) groups is 2. The second kappa shape index (κ2) is 12.4. The summed E-state index contributed by atoms with van der Waals surface area (Å²) < 4.78 is 9.62. The van der Waals surface area contributed by atoms with E-state index >= 15 is 0 Å². The molecule has 0 aromatic carbocycles. The quantitative estimate of drug-likeness (QED) is 0.323. The molecule has 0 saturated heterocycles. The van der Waals surface area contributed by atoms with Crippen LogP contribution in [0.15, 0.2) is 0 Å². The van der Waals surface area contributed by atoms with E-state index in [0.717, 1.165) is 44.9 Å². The van der Waals surface area contributed by atoms with Crippen LogP contribution in [0.3, 0.4) is 0 Å². The van der Waals surface area contributed by atoms with Crippen LogP contribution in [0.1, 0.15) is 71.6 Å². The summed E-state index contributed by atoms with van der Waals surface area (Å²) in [6.45, 7) is 3.96. The minimum atomic E-state index is -0.290. The zero-order chi connectivity index (χ0) is 13.6. The highest BCUT2D eigenvalue weighted by Gasteiger charge is 2.05. The van der Waals surface area contributed by atoms with Crippen molar-refractivity contribution in [1.29, 1.82) is 0 Å². The van der Waals surface area contributed by atoms with Gasteiger partial charge in [-0.2, -0.15) is 0 Å². The SMILES string of the molecule is CCCCCCC(=O)OCOC(=O)CCCCC. The van der Waals surface area contributed by atoms with E-state index in [1.807, 2.05) is 0 Å². The molecule has 0 aliphatic heterocycles. The largest absolute Gasteiger partial charge is 0.428 e. The van der Waals surface area contributed by atoms with Gasteiger partial charge in [0, 0.05) is 12.8 Å². The molecule has 4 nitrogen and oxygen atoms in total. The van der Waals surface area contributed by atoms with Crippen molar-refractivity contribution < 1.29 is 19.1 Å². The molecule has 4 heteroatoms. The molecule has 0 heterocycles. The Morgan fingerprint density at radius 2 is 1.17 bits per heavy atom. The lowest BCUT2D eigenvalue weighted by molar-refractivity contribution is -0.167. The van der Waals surface area contributed by atoms with Gasteiger partial charge in [-0.1, -0.05) is 46.0 Å². The van der Waals surface area contributed by atoms with E-state index in [2.05, 4.69) is 13.8 Å². The lowest BCUT2D eigenvalue weighted by Crippen LogP contribution is -2.12. The molecule has 0 aliphatic carbocycles. The number of ether oxygens (including phenoxy) is 2. The zero-order valence-electron chi connectivity index (χ0n) is 11.7. The first-order valence-corrected chi connectivity index (χ1v) is 7.02. The standard InChI is InChI=1S/C14H26O4/c1-3-5-7-9-11-14(16)18-12-17-13(15)10-8-6-4-2/h3-12H2,1-2H3. The second-order valence-electron chi connectivity index (χ2n) is 4.42. The minimum Gasteiger partial charge on any atom is -0.428 e. The van der Waals surface area contributed by atoms with E-state index < -0.39 is 0 Å². The van der Waals surface area contributed by atoms with E-state index in [0.29, 0.717) is 12.8 Å². The van der Waals surface area contributed by atoms with Crippen molar-refractivity contribution in [3.63, 3.8) is 0 Å². The van der Waals surface area contributed by atoms with E-state index in [1.54, 1.807) is 0 Å².